The van der Waals surface area contributed by atoms with Gasteiger partial charge in [0.1, 0.15) is 0 Å². The molecule has 1 N–H and O–H groups in total. The molecule has 2 aromatic heterocycles. The first-order valence-corrected chi connectivity index (χ1v) is 6.11. The van der Waals surface area contributed by atoms with Gasteiger partial charge in [-0.1, -0.05) is 13.0 Å². The van der Waals surface area contributed by atoms with Crippen LogP contribution in [0.2, 0.25) is 0 Å². The number of nitrogens with zero attached hydrogens (tertiary/aromatic N) is 2. The van der Waals surface area contributed by atoms with Crippen molar-refractivity contribution >= 4 is 17.3 Å². The summed E-state index contributed by atoms with van der Waals surface area (Å²) in [5.74, 6) is 0.166. The van der Waals surface area contributed by atoms with E-state index >= 15 is 0 Å². The van der Waals surface area contributed by atoms with Gasteiger partial charge in [-0.05, 0) is 17.4 Å². The van der Waals surface area contributed by atoms with E-state index in [0.29, 0.717) is 18.2 Å². The highest BCUT2D eigenvalue weighted by molar-refractivity contribution is 7.13. The second kappa shape index (κ2) is 5.09. The van der Waals surface area contributed by atoms with Gasteiger partial charge in [0.15, 0.2) is 0 Å². The second-order valence-corrected chi connectivity index (χ2v) is 4.83. The number of hydrogen-bond donors (Lipinski definition) is 1. The van der Waals surface area contributed by atoms with E-state index in [9.17, 15) is 4.79 Å². The molecule has 2 aromatic rings. The number of thiophene rings is 1. The summed E-state index contributed by atoms with van der Waals surface area (Å²) in [6.07, 6.45) is 0.599. The van der Waals surface area contributed by atoms with Gasteiger partial charge in [-0.25, -0.2) is 0 Å². The summed E-state index contributed by atoms with van der Waals surface area (Å²) in [7, 11) is 0. The van der Waals surface area contributed by atoms with Crippen molar-refractivity contribution in [2.24, 2.45) is 5.92 Å². The normalized spacial score (nSPS) is 12.5. The van der Waals surface area contributed by atoms with Crippen LogP contribution in [0.5, 0.6) is 0 Å². The van der Waals surface area contributed by atoms with Crippen molar-refractivity contribution in [2.45, 2.75) is 19.8 Å². The standard InChI is InChI=1S/C11H12N2O3S/c1-7(6-10(14)15)5-9-12-13-11(16-9)8-3-2-4-17-8/h2-4,7H,5-6H2,1H3,(H,14,15). The number of rotatable bonds is 5. The highest BCUT2D eigenvalue weighted by Crippen LogP contribution is 2.23. The van der Waals surface area contributed by atoms with E-state index in [1.807, 2.05) is 24.4 Å². The minimum atomic E-state index is -0.810. The maximum absolute atomic E-state index is 10.5. The smallest absolute Gasteiger partial charge is 0.303 e. The third kappa shape index (κ3) is 3.13. The molecule has 0 amide bonds. The molecule has 0 saturated heterocycles. The van der Waals surface area contributed by atoms with Crippen LogP contribution in [0.4, 0.5) is 0 Å². The van der Waals surface area contributed by atoms with Crippen LogP contribution in [0.15, 0.2) is 21.9 Å². The molecule has 1 unspecified atom stereocenters. The minimum Gasteiger partial charge on any atom is -0.481 e. The van der Waals surface area contributed by atoms with Crippen molar-refractivity contribution in [2.75, 3.05) is 0 Å². The van der Waals surface area contributed by atoms with Crippen LogP contribution in [-0.2, 0) is 11.2 Å². The van der Waals surface area contributed by atoms with E-state index < -0.39 is 5.97 Å². The average Bonchev–Trinajstić information content (AvgIpc) is 2.84. The van der Waals surface area contributed by atoms with Gasteiger partial charge >= 0.3 is 5.97 Å². The molecule has 5 nitrogen and oxygen atoms in total. The van der Waals surface area contributed by atoms with Gasteiger partial charge in [0, 0.05) is 12.8 Å². The lowest BCUT2D eigenvalue weighted by Gasteiger charge is -2.03. The molecule has 0 saturated carbocycles. The predicted molar refractivity (Wildman–Crippen MR) is 62.7 cm³/mol. The molecule has 0 bridgehead atoms. The molecule has 0 fully saturated rings. The lowest BCUT2D eigenvalue weighted by Crippen LogP contribution is -2.07. The zero-order valence-electron chi connectivity index (χ0n) is 9.29. The van der Waals surface area contributed by atoms with Crippen LogP contribution in [0.25, 0.3) is 10.8 Å². The van der Waals surface area contributed by atoms with Crippen LogP contribution in [0, 0.1) is 5.92 Å². The Bertz CT molecular complexity index is 493. The second-order valence-electron chi connectivity index (χ2n) is 3.89. The van der Waals surface area contributed by atoms with Gasteiger partial charge in [-0.2, -0.15) is 0 Å². The largest absolute Gasteiger partial charge is 0.481 e. The Hall–Kier alpha value is -1.69. The quantitative estimate of drug-likeness (QED) is 0.884. The van der Waals surface area contributed by atoms with Gasteiger partial charge in [0.2, 0.25) is 5.89 Å². The fraction of sp³-hybridized carbons (Fsp3) is 0.364. The molecule has 0 radical (unpaired) electrons. The Kier molecular flexibility index (Phi) is 3.53. The van der Waals surface area contributed by atoms with Crippen molar-refractivity contribution in [3.8, 4) is 10.8 Å². The Balaban J connectivity index is 2.01. The minimum absolute atomic E-state index is 0.0101. The van der Waals surface area contributed by atoms with E-state index in [-0.39, 0.29) is 12.3 Å². The zero-order valence-corrected chi connectivity index (χ0v) is 10.1. The fourth-order valence-electron chi connectivity index (χ4n) is 1.50. The summed E-state index contributed by atoms with van der Waals surface area (Å²) in [4.78, 5) is 11.5. The fourth-order valence-corrected chi connectivity index (χ4v) is 2.15. The monoisotopic (exact) mass is 252 g/mol. The van der Waals surface area contributed by atoms with Crippen molar-refractivity contribution in [1.29, 1.82) is 0 Å². The number of carboxylic acids is 1. The third-order valence-corrected chi connectivity index (χ3v) is 3.10. The summed E-state index contributed by atoms with van der Waals surface area (Å²) >= 11 is 1.53. The van der Waals surface area contributed by atoms with Crippen LogP contribution >= 0.6 is 11.3 Å². The molecular formula is C11H12N2O3S. The number of carbonyl (C=O) groups is 1. The van der Waals surface area contributed by atoms with E-state index in [1.165, 1.54) is 11.3 Å². The Morgan fingerprint density at radius 3 is 3.06 bits per heavy atom. The highest BCUT2D eigenvalue weighted by Gasteiger charge is 2.14. The van der Waals surface area contributed by atoms with Crippen molar-refractivity contribution < 1.29 is 14.3 Å². The molecule has 17 heavy (non-hydrogen) atoms. The van der Waals surface area contributed by atoms with Crippen molar-refractivity contribution in [3.63, 3.8) is 0 Å². The summed E-state index contributed by atoms with van der Waals surface area (Å²) in [5.41, 5.74) is 0. The summed E-state index contributed by atoms with van der Waals surface area (Å²) in [5, 5.41) is 18.4. The highest BCUT2D eigenvalue weighted by atomic mass is 32.1. The lowest BCUT2D eigenvalue weighted by atomic mass is 10.0. The lowest BCUT2D eigenvalue weighted by molar-refractivity contribution is -0.137. The Morgan fingerprint density at radius 1 is 1.59 bits per heavy atom. The SMILES string of the molecule is CC(CC(=O)O)Cc1nnc(-c2cccs2)o1. The molecule has 90 valence electrons. The summed E-state index contributed by atoms with van der Waals surface area (Å²) < 4.78 is 5.48. The molecule has 0 aliphatic heterocycles. The zero-order chi connectivity index (χ0) is 12.3. The van der Waals surface area contributed by atoms with Crippen LogP contribution in [-0.4, -0.2) is 21.3 Å². The third-order valence-electron chi connectivity index (χ3n) is 2.24. The van der Waals surface area contributed by atoms with E-state index in [1.54, 1.807) is 0 Å². The first kappa shape index (κ1) is 11.8. The van der Waals surface area contributed by atoms with Gasteiger partial charge in [0.05, 0.1) is 4.88 Å². The molecule has 6 heteroatoms. The van der Waals surface area contributed by atoms with Gasteiger partial charge in [-0.3, -0.25) is 4.79 Å². The van der Waals surface area contributed by atoms with Gasteiger partial charge < -0.3 is 9.52 Å². The first-order valence-electron chi connectivity index (χ1n) is 5.23. The molecule has 0 aliphatic rings. The Labute approximate surface area is 102 Å². The van der Waals surface area contributed by atoms with Crippen molar-refractivity contribution in [3.05, 3.63) is 23.4 Å². The molecule has 2 rings (SSSR count). The van der Waals surface area contributed by atoms with E-state index in [2.05, 4.69) is 10.2 Å². The van der Waals surface area contributed by atoms with Crippen molar-refractivity contribution in [1.82, 2.24) is 10.2 Å². The Morgan fingerprint density at radius 2 is 2.41 bits per heavy atom. The maximum atomic E-state index is 10.5. The molecule has 0 aromatic carbocycles. The van der Waals surface area contributed by atoms with Gasteiger partial charge in [-0.15, -0.1) is 21.5 Å². The average molecular weight is 252 g/mol. The summed E-state index contributed by atoms with van der Waals surface area (Å²) in [6, 6.07) is 3.82. The number of aromatic nitrogens is 2. The molecule has 1 atom stereocenters. The van der Waals surface area contributed by atoms with E-state index in [4.69, 9.17) is 9.52 Å². The molecule has 2 heterocycles. The predicted octanol–water partition coefficient (Wildman–Crippen LogP) is 2.45. The first-order chi connectivity index (χ1) is 8.15. The van der Waals surface area contributed by atoms with Crippen LogP contribution < -0.4 is 0 Å². The molecular weight excluding hydrogens is 240 g/mol. The van der Waals surface area contributed by atoms with E-state index in [0.717, 1.165) is 4.88 Å². The maximum Gasteiger partial charge on any atom is 0.303 e. The van der Waals surface area contributed by atoms with Crippen LogP contribution in [0.3, 0.4) is 0 Å². The van der Waals surface area contributed by atoms with Crippen LogP contribution in [0.1, 0.15) is 19.2 Å². The molecule has 0 spiro atoms. The number of carboxylic acid groups (broad SMARTS) is 1. The topological polar surface area (TPSA) is 76.2 Å². The number of aliphatic carboxylic acids is 1. The van der Waals surface area contributed by atoms with Gasteiger partial charge in [0.25, 0.3) is 5.89 Å². The summed E-state index contributed by atoms with van der Waals surface area (Å²) in [6.45, 7) is 1.85. The molecule has 0 aliphatic carbocycles. The number of hydrogen-bond acceptors (Lipinski definition) is 5.